The van der Waals surface area contributed by atoms with E-state index in [2.05, 4.69) is 15.0 Å². The second kappa shape index (κ2) is 7.01. The molecule has 7 nitrogen and oxygen atoms in total. The van der Waals surface area contributed by atoms with Crippen molar-refractivity contribution in [1.29, 1.82) is 0 Å². The summed E-state index contributed by atoms with van der Waals surface area (Å²) in [5, 5.41) is 0. The third-order valence-corrected chi connectivity index (χ3v) is 5.29. The normalized spacial score (nSPS) is 13.0. The molecule has 0 aliphatic carbocycles. The number of carbonyl (C=O) groups is 1. The van der Waals surface area contributed by atoms with E-state index < -0.39 is 0 Å². The van der Waals surface area contributed by atoms with Crippen LogP contribution >= 0.6 is 0 Å². The van der Waals surface area contributed by atoms with Crippen molar-refractivity contribution in [2.45, 2.75) is 26.1 Å². The highest BCUT2D eigenvalue weighted by Crippen LogP contribution is 2.31. The van der Waals surface area contributed by atoms with Crippen molar-refractivity contribution in [3.05, 3.63) is 72.2 Å². The second-order valence-corrected chi connectivity index (χ2v) is 7.15. The van der Waals surface area contributed by atoms with E-state index in [-0.39, 0.29) is 11.9 Å². The summed E-state index contributed by atoms with van der Waals surface area (Å²) in [6.07, 6.45) is 2.19. The number of amides is 1. The molecule has 0 bridgehead atoms. The molecule has 0 spiro atoms. The zero-order chi connectivity index (χ0) is 19.8. The Hall–Kier alpha value is -3.74. The third-order valence-electron chi connectivity index (χ3n) is 5.29. The maximum atomic E-state index is 12.9. The summed E-state index contributed by atoms with van der Waals surface area (Å²) in [5.74, 6) is 0.320. The standard InChI is InChI=1S/C22H20N6O/c23-22-25-18-13-28(12-16(18)21(26-22)15-6-2-1-3-7-15)20(29)10-11-27-14-24-17-8-4-5-9-19(17)27/h1-9,14H,10-13H2,(H2,23,25,26). The van der Waals surface area contributed by atoms with Gasteiger partial charge in [0.1, 0.15) is 0 Å². The Morgan fingerprint density at radius 2 is 1.79 bits per heavy atom. The number of imidazole rings is 1. The van der Waals surface area contributed by atoms with Gasteiger partial charge in [-0.25, -0.2) is 15.0 Å². The Bertz CT molecular complexity index is 1200. The van der Waals surface area contributed by atoms with Crippen LogP contribution in [0.4, 0.5) is 5.95 Å². The smallest absolute Gasteiger partial charge is 0.225 e. The first-order chi connectivity index (χ1) is 14.2. The quantitative estimate of drug-likeness (QED) is 0.584. The zero-order valence-electron chi connectivity index (χ0n) is 15.8. The second-order valence-electron chi connectivity index (χ2n) is 7.15. The molecule has 1 amide bonds. The minimum absolute atomic E-state index is 0.0818. The number of hydrogen-bond acceptors (Lipinski definition) is 5. The number of nitrogen functional groups attached to an aromatic ring is 1. The maximum absolute atomic E-state index is 12.9. The molecule has 0 saturated carbocycles. The van der Waals surface area contributed by atoms with Crippen LogP contribution in [0.3, 0.4) is 0 Å². The van der Waals surface area contributed by atoms with E-state index >= 15 is 0 Å². The van der Waals surface area contributed by atoms with Gasteiger partial charge in [-0.1, -0.05) is 42.5 Å². The van der Waals surface area contributed by atoms with Gasteiger partial charge in [0, 0.05) is 24.1 Å². The van der Waals surface area contributed by atoms with E-state index in [0.717, 1.165) is 33.5 Å². The van der Waals surface area contributed by atoms with Gasteiger partial charge in [0.05, 0.1) is 41.8 Å². The number of para-hydroxylation sites is 2. The number of benzene rings is 2. The van der Waals surface area contributed by atoms with E-state index in [4.69, 9.17) is 5.73 Å². The number of aryl methyl sites for hydroxylation is 1. The molecule has 5 rings (SSSR count). The number of nitrogens with zero attached hydrogens (tertiary/aromatic N) is 5. The number of anilines is 1. The molecule has 7 heteroatoms. The van der Waals surface area contributed by atoms with Crippen LogP contribution in [-0.4, -0.2) is 30.3 Å². The SMILES string of the molecule is Nc1nc2c(c(-c3ccccc3)n1)CN(C(=O)CCn1cnc3ccccc31)C2. The molecule has 2 N–H and O–H groups in total. The first kappa shape index (κ1) is 17.4. The molecule has 1 aliphatic rings. The molecule has 144 valence electrons. The minimum atomic E-state index is 0.0818. The molecule has 4 aromatic rings. The third kappa shape index (κ3) is 3.20. The minimum Gasteiger partial charge on any atom is -0.368 e. The van der Waals surface area contributed by atoms with Gasteiger partial charge < -0.3 is 15.2 Å². The summed E-state index contributed by atoms with van der Waals surface area (Å²) in [6, 6.07) is 17.8. The Balaban J connectivity index is 1.34. The molecular weight excluding hydrogens is 364 g/mol. The van der Waals surface area contributed by atoms with Gasteiger partial charge in [-0.15, -0.1) is 0 Å². The predicted octanol–water partition coefficient (Wildman–Crippen LogP) is 3.01. The van der Waals surface area contributed by atoms with Crippen LogP contribution in [0.15, 0.2) is 60.9 Å². The first-order valence-corrected chi connectivity index (χ1v) is 9.57. The van der Waals surface area contributed by atoms with E-state index in [0.29, 0.717) is 26.1 Å². The van der Waals surface area contributed by atoms with E-state index in [1.165, 1.54) is 0 Å². The van der Waals surface area contributed by atoms with Gasteiger partial charge in [-0.3, -0.25) is 4.79 Å². The molecule has 0 unspecified atom stereocenters. The summed E-state index contributed by atoms with van der Waals surface area (Å²) >= 11 is 0. The molecule has 0 radical (unpaired) electrons. The highest BCUT2D eigenvalue weighted by molar-refractivity contribution is 5.79. The highest BCUT2D eigenvalue weighted by Gasteiger charge is 2.28. The number of hydrogen-bond donors (Lipinski definition) is 1. The van der Waals surface area contributed by atoms with Crippen LogP contribution in [0.25, 0.3) is 22.3 Å². The Morgan fingerprint density at radius 3 is 2.66 bits per heavy atom. The van der Waals surface area contributed by atoms with Crippen LogP contribution in [0.1, 0.15) is 17.7 Å². The molecular formula is C22H20N6O. The lowest BCUT2D eigenvalue weighted by molar-refractivity contribution is -0.132. The fourth-order valence-corrected chi connectivity index (χ4v) is 3.85. The van der Waals surface area contributed by atoms with Crippen molar-refractivity contribution in [1.82, 2.24) is 24.4 Å². The van der Waals surface area contributed by atoms with Crippen molar-refractivity contribution in [3.8, 4) is 11.3 Å². The molecule has 29 heavy (non-hydrogen) atoms. The Labute approximate surface area is 167 Å². The van der Waals surface area contributed by atoms with Crippen molar-refractivity contribution >= 4 is 22.9 Å². The highest BCUT2D eigenvalue weighted by atomic mass is 16.2. The zero-order valence-corrected chi connectivity index (χ0v) is 15.8. The lowest BCUT2D eigenvalue weighted by Gasteiger charge is -2.15. The number of nitrogens with two attached hydrogens (primary N) is 1. The fraction of sp³-hybridized carbons (Fsp3) is 0.182. The van der Waals surface area contributed by atoms with Gasteiger partial charge in [0.25, 0.3) is 0 Å². The average molecular weight is 384 g/mol. The van der Waals surface area contributed by atoms with Crippen LogP contribution in [0.5, 0.6) is 0 Å². The van der Waals surface area contributed by atoms with Crippen LogP contribution in [0.2, 0.25) is 0 Å². The summed E-state index contributed by atoms with van der Waals surface area (Å²) in [7, 11) is 0. The van der Waals surface area contributed by atoms with Crippen LogP contribution < -0.4 is 5.73 Å². The summed E-state index contributed by atoms with van der Waals surface area (Å²) in [5.41, 5.74) is 11.5. The van der Waals surface area contributed by atoms with E-state index in [1.54, 1.807) is 6.33 Å². The first-order valence-electron chi connectivity index (χ1n) is 9.57. The van der Waals surface area contributed by atoms with Gasteiger partial charge in [-0.2, -0.15) is 0 Å². The molecule has 0 atom stereocenters. The van der Waals surface area contributed by atoms with Crippen molar-refractivity contribution < 1.29 is 4.79 Å². The Morgan fingerprint density at radius 1 is 1.00 bits per heavy atom. The van der Waals surface area contributed by atoms with Gasteiger partial charge >= 0.3 is 0 Å². The molecule has 0 saturated heterocycles. The van der Waals surface area contributed by atoms with Crippen LogP contribution in [-0.2, 0) is 24.4 Å². The largest absolute Gasteiger partial charge is 0.368 e. The molecule has 3 heterocycles. The van der Waals surface area contributed by atoms with Gasteiger partial charge in [-0.05, 0) is 12.1 Å². The van der Waals surface area contributed by atoms with Crippen molar-refractivity contribution in [2.24, 2.45) is 0 Å². The van der Waals surface area contributed by atoms with E-state index in [9.17, 15) is 4.79 Å². The lowest BCUT2D eigenvalue weighted by atomic mass is 10.1. The molecule has 2 aromatic carbocycles. The number of rotatable bonds is 4. The number of aromatic nitrogens is 4. The molecule has 0 fully saturated rings. The van der Waals surface area contributed by atoms with E-state index in [1.807, 2.05) is 64.1 Å². The van der Waals surface area contributed by atoms with Crippen molar-refractivity contribution in [2.75, 3.05) is 5.73 Å². The van der Waals surface area contributed by atoms with Crippen molar-refractivity contribution in [3.63, 3.8) is 0 Å². The number of fused-ring (bicyclic) bond motifs is 2. The average Bonchev–Trinajstić information content (AvgIpc) is 3.36. The Kier molecular flexibility index (Phi) is 4.20. The number of carbonyl (C=O) groups excluding carboxylic acids is 1. The molecule has 2 aromatic heterocycles. The summed E-state index contributed by atoms with van der Waals surface area (Å²) in [4.78, 5) is 27.9. The maximum Gasteiger partial charge on any atom is 0.225 e. The van der Waals surface area contributed by atoms with Gasteiger partial charge in [0.15, 0.2) is 0 Å². The monoisotopic (exact) mass is 384 g/mol. The van der Waals surface area contributed by atoms with Crippen LogP contribution in [0, 0.1) is 0 Å². The fourth-order valence-electron chi connectivity index (χ4n) is 3.85. The summed E-state index contributed by atoms with van der Waals surface area (Å²) in [6.45, 7) is 1.56. The van der Waals surface area contributed by atoms with Gasteiger partial charge in [0.2, 0.25) is 11.9 Å². The summed E-state index contributed by atoms with van der Waals surface area (Å²) < 4.78 is 2.02. The topological polar surface area (TPSA) is 89.9 Å². The molecule has 1 aliphatic heterocycles. The predicted molar refractivity (Wildman–Crippen MR) is 110 cm³/mol. The lowest BCUT2D eigenvalue weighted by Crippen LogP contribution is -2.26.